The maximum Gasteiger partial charge on any atom is 0.0473 e. The van der Waals surface area contributed by atoms with Crippen LogP contribution < -0.4 is 0 Å². The first-order chi connectivity index (χ1) is 7.22. The second kappa shape index (κ2) is 4.25. The van der Waals surface area contributed by atoms with Gasteiger partial charge in [0, 0.05) is 28.2 Å². The molecule has 2 aromatic rings. The van der Waals surface area contributed by atoms with Crippen LogP contribution in [0.2, 0.25) is 5.02 Å². The van der Waals surface area contributed by atoms with Crippen LogP contribution in [0.15, 0.2) is 18.2 Å². The van der Waals surface area contributed by atoms with Crippen LogP contribution in [-0.2, 0) is 6.42 Å². The third-order valence-corrected chi connectivity index (χ3v) is 2.90. The highest BCUT2D eigenvalue weighted by molar-refractivity contribution is 6.31. The molecule has 0 spiro atoms. The van der Waals surface area contributed by atoms with Crippen molar-refractivity contribution in [3.05, 3.63) is 34.5 Å². The first kappa shape index (κ1) is 10.5. The van der Waals surface area contributed by atoms with E-state index in [4.69, 9.17) is 16.7 Å². The fraction of sp³-hybridized carbons (Fsp3) is 0.333. The molecule has 0 fully saturated rings. The van der Waals surface area contributed by atoms with Gasteiger partial charge in [-0.3, -0.25) is 0 Å². The third-order valence-electron chi connectivity index (χ3n) is 2.67. The fourth-order valence-corrected chi connectivity index (χ4v) is 2.11. The van der Waals surface area contributed by atoms with E-state index in [0.29, 0.717) is 0 Å². The first-order valence-electron chi connectivity index (χ1n) is 5.10. The lowest BCUT2D eigenvalue weighted by Crippen LogP contribution is -1.90. The average Bonchev–Trinajstić information content (AvgIpc) is 2.50. The summed E-state index contributed by atoms with van der Waals surface area (Å²) in [5.74, 6) is 0. The number of fused-ring (bicyclic) bond motifs is 1. The van der Waals surface area contributed by atoms with Gasteiger partial charge in [0.1, 0.15) is 0 Å². The maximum atomic E-state index is 8.84. The van der Waals surface area contributed by atoms with Gasteiger partial charge in [-0.05, 0) is 37.5 Å². The Bertz CT molecular complexity index is 476. The Balaban J connectivity index is 2.48. The number of rotatable bonds is 3. The minimum atomic E-state index is 0.236. The van der Waals surface area contributed by atoms with Crippen molar-refractivity contribution < 1.29 is 5.11 Å². The minimum Gasteiger partial charge on any atom is -0.396 e. The monoisotopic (exact) mass is 223 g/mol. The van der Waals surface area contributed by atoms with Crippen molar-refractivity contribution in [2.45, 2.75) is 19.8 Å². The number of aromatic amines is 1. The van der Waals surface area contributed by atoms with Crippen LogP contribution in [-0.4, -0.2) is 16.7 Å². The van der Waals surface area contributed by atoms with Crippen LogP contribution in [0.5, 0.6) is 0 Å². The molecule has 1 aromatic heterocycles. The zero-order valence-electron chi connectivity index (χ0n) is 8.68. The molecule has 0 bridgehead atoms. The highest BCUT2D eigenvalue weighted by atomic mass is 35.5. The van der Waals surface area contributed by atoms with E-state index in [9.17, 15) is 0 Å². The van der Waals surface area contributed by atoms with Gasteiger partial charge in [0.05, 0.1) is 0 Å². The quantitative estimate of drug-likeness (QED) is 0.825. The zero-order chi connectivity index (χ0) is 10.8. The highest BCUT2D eigenvalue weighted by Gasteiger charge is 2.07. The molecule has 0 atom stereocenters. The number of aliphatic hydroxyl groups is 1. The van der Waals surface area contributed by atoms with Crippen molar-refractivity contribution in [3.63, 3.8) is 0 Å². The third kappa shape index (κ3) is 2.01. The molecule has 3 heteroatoms. The van der Waals surface area contributed by atoms with E-state index < -0.39 is 0 Å². The maximum absolute atomic E-state index is 8.84. The molecule has 0 amide bonds. The van der Waals surface area contributed by atoms with Crippen LogP contribution >= 0.6 is 11.6 Å². The Morgan fingerprint density at radius 3 is 2.93 bits per heavy atom. The number of H-pyrrole nitrogens is 1. The molecule has 15 heavy (non-hydrogen) atoms. The predicted molar refractivity (Wildman–Crippen MR) is 63.5 cm³/mol. The topological polar surface area (TPSA) is 36.0 Å². The fourth-order valence-electron chi connectivity index (χ4n) is 1.94. The second-order valence-corrected chi connectivity index (χ2v) is 4.18. The Kier molecular flexibility index (Phi) is 2.98. The zero-order valence-corrected chi connectivity index (χ0v) is 9.43. The second-order valence-electron chi connectivity index (χ2n) is 3.75. The first-order valence-corrected chi connectivity index (χ1v) is 5.47. The van der Waals surface area contributed by atoms with E-state index in [1.165, 1.54) is 16.6 Å². The van der Waals surface area contributed by atoms with Crippen LogP contribution in [0.25, 0.3) is 10.9 Å². The molecular formula is C12H14ClNO. The highest BCUT2D eigenvalue weighted by Crippen LogP contribution is 2.25. The van der Waals surface area contributed by atoms with Crippen molar-refractivity contribution in [2.24, 2.45) is 0 Å². The Morgan fingerprint density at radius 2 is 2.20 bits per heavy atom. The molecule has 0 saturated heterocycles. The van der Waals surface area contributed by atoms with Gasteiger partial charge in [-0.15, -0.1) is 0 Å². The summed E-state index contributed by atoms with van der Waals surface area (Å²) in [6.07, 6.45) is 1.71. The number of benzene rings is 1. The number of hydrogen-bond acceptors (Lipinski definition) is 1. The van der Waals surface area contributed by atoms with E-state index in [-0.39, 0.29) is 6.61 Å². The van der Waals surface area contributed by atoms with Gasteiger partial charge in [0.2, 0.25) is 0 Å². The summed E-state index contributed by atoms with van der Waals surface area (Å²) in [4.78, 5) is 3.31. The molecule has 0 aliphatic heterocycles. The standard InChI is InChI=1S/C12H14ClNO/c1-8-10(3-2-6-15)11-5-4-9(13)7-12(11)14-8/h4-5,7,14-15H,2-3,6H2,1H3. The average molecular weight is 224 g/mol. The number of hydrogen-bond donors (Lipinski definition) is 2. The largest absolute Gasteiger partial charge is 0.396 e. The van der Waals surface area contributed by atoms with Gasteiger partial charge >= 0.3 is 0 Å². The molecule has 2 nitrogen and oxygen atoms in total. The van der Waals surface area contributed by atoms with E-state index in [1.54, 1.807) is 0 Å². The van der Waals surface area contributed by atoms with E-state index in [1.807, 2.05) is 18.2 Å². The lowest BCUT2D eigenvalue weighted by atomic mass is 10.1. The number of aryl methyl sites for hydroxylation is 2. The summed E-state index contributed by atoms with van der Waals surface area (Å²) in [5, 5.41) is 10.8. The molecule has 0 aliphatic carbocycles. The predicted octanol–water partition coefficient (Wildman–Crippen LogP) is 3.05. The van der Waals surface area contributed by atoms with Crippen molar-refractivity contribution in [1.82, 2.24) is 4.98 Å². The summed E-state index contributed by atoms with van der Waals surface area (Å²) >= 11 is 5.92. The van der Waals surface area contributed by atoms with Gasteiger partial charge in [0.25, 0.3) is 0 Å². The Morgan fingerprint density at radius 1 is 1.40 bits per heavy atom. The Hall–Kier alpha value is -0.990. The molecule has 0 saturated carbocycles. The van der Waals surface area contributed by atoms with E-state index in [2.05, 4.69) is 11.9 Å². The molecule has 0 unspecified atom stereocenters. The smallest absolute Gasteiger partial charge is 0.0473 e. The Labute approximate surface area is 93.9 Å². The van der Waals surface area contributed by atoms with Gasteiger partial charge in [-0.25, -0.2) is 0 Å². The van der Waals surface area contributed by atoms with Gasteiger partial charge in [-0.1, -0.05) is 17.7 Å². The molecule has 2 rings (SSSR count). The van der Waals surface area contributed by atoms with Gasteiger partial charge in [0.15, 0.2) is 0 Å². The van der Waals surface area contributed by atoms with Crippen molar-refractivity contribution in [3.8, 4) is 0 Å². The molecule has 1 aromatic carbocycles. The summed E-state index contributed by atoms with van der Waals surface area (Å²) in [6, 6.07) is 5.87. The van der Waals surface area contributed by atoms with Crippen LogP contribution in [0.4, 0.5) is 0 Å². The molecule has 80 valence electrons. The number of nitrogens with one attached hydrogen (secondary N) is 1. The summed E-state index contributed by atoms with van der Waals surface area (Å²) in [6.45, 7) is 2.29. The number of aliphatic hydroxyl groups excluding tert-OH is 1. The lowest BCUT2D eigenvalue weighted by Gasteiger charge is -1.99. The number of aromatic nitrogens is 1. The summed E-state index contributed by atoms with van der Waals surface area (Å²) in [7, 11) is 0. The molecular weight excluding hydrogens is 210 g/mol. The lowest BCUT2D eigenvalue weighted by molar-refractivity contribution is 0.288. The van der Waals surface area contributed by atoms with Crippen molar-refractivity contribution in [1.29, 1.82) is 0 Å². The van der Waals surface area contributed by atoms with E-state index in [0.717, 1.165) is 23.4 Å². The molecule has 1 heterocycles. The van der Waals surface area contributed by atoms with Gasteiger partial charge in [-0.2, -0.15) is 0 Å². The summed E-state index contributed by atoms with van der Waals surface area (Å²) in [5.41, 5.74) is 3.53. The van der Waals surface area contributed by atoms with Crippen LogP contribution in [0.3, 0.4) is 0 Å². The SMILES string of the molecule is Cc1[nH]c2cc(Cl)ccc2c1CCCO. The summed E-state index contributed by atoms with van der Waals surface area (Å²) < 4.78 is 0. The molecule has 2 N–H and O–H groups in total. The molecule has 0 aliphatic rings. The van der Waals surface area contributed by atoms with Crippen LogP contribution in [0, 0.1) is 6.92 Å². The van der Waals surface area contributed by atoms with Crippen molar-refractivity contribution >= 4 is 22.5 Å². The molecule has 0 radical (unpaired) electrons. The van der Waals surface area contributed by atoms with E-state index >= 15 is 0 Å². The number of halogens is 1. The minimum absolute atomic E-state index is 0.236. The van der Waals surface area contributed by atoms with Crippen molar-refractivity contribution in [2.75, 3.05) is 6.61 Å². The van der Waals surface area contributed by atoms with Gasteiger partial charge < -0.3 is 10.1 Å². The normalized spacial score (nSPS) is 11.1. The van der Waals surface area contributed by atoms with Crippen LogP contribution in [0.1, 0.15) is 17.7 Å².